The largest absolute Gasteiger partial charge is 0.416 e. The zero-order chi connectivity index (χ0) is 74.8. The quantitative estimate of drug-likeness (QED) is 0.0506. The third-order valence-corrected chi connectivity index (χ3v) is 28.8. The van der Waals surface area contributed by atoms with Gasteiger partial charge < -0.3 is 21.3 Å². The van der Waals surface area contributed by atoms with Crippen LogP contribution in [0.25, 0.3) is 104 Å². The number of hydrogen-bond donors (Lipinski definition) is 4. The van der Waals surface area contributed by atoms with Crippen molar-refractivity contribution < 1.29 is 71.9 Å². The van der Waals surface area contributed by atoms with Gasteiger partial charge in [-0.3, -0.25) is 19.2 Å². The summed E-state index contributed by atoms with van der Waals surface area (Å²) >= 11 is 11.2. The lowest BCUT2D eigenvalue weighted by Crippen LogP contribution is -2.20. The van der Waals surface area contributed by atoms with E-state index in [-0.39, 0.29) is 87.8 Å². The normalized spacial score (nSPS) is 15.7. The second-order valence-electron chi connectivity index (χ2n) is 26.3. The molecule has 11 aromatic rings. The van der Waals surface area contributed by atoms with Gasteiger partial charge in [-0.05, 0) is 157 Å². The molecule has 3 aromatic carbocycles. The SMILES string of the molecule is CCCCC(CC)Cc1ccc(-c2c3cc(-c4ccc(C5=C6C(=O)NC(c7ccc(-c8cc(C(F)(F)F)cc(C(F)(F)F)c8)s7)=C6C(=O)N5)s4)sc3c(-c3ccc(CC(CC)CCCC)s3)c3cc(-c4ccc(C5=C6C(=O)NC(c7ccc(-c8cc(C(F)(F)F)cc(C(F)(F)F)c8)s7)=C6C(=O)N5)s4)sc23)s1. The highest BCUT2D eigenvalue weighted by atomic mass is 32.1. The zero-order valence-corrected chi connectivity index (χ0v) is 62.7. The number of rotatable bonds is 22. The van der Waals surface area contributed by atoms with Crippen molar-refractivity contribution in [2.45, 2.75) is 117 Å². The van der Waals surface area contributed by atoms with Gasteiger partial charge in [0, 0.05) is 80.1 Å². The Balaban J connectivity index is 0.831. The van der Waals surface area contributed by atoms with Crippen molar-refractivity contribution >= 4 is 157 Å². The number of carbonyl (C=O) groups excluding carboxylic acids is 4. The first-order chi connectivity index (χ1) is 50.5. The molecule has 0 saturated heterocycles. The highest BCUT2D eigenvalue weighted by Crippen LogP contribution is 2.57. The Bertz CT molecular complexity index is 5120. The molecule has 546 valence electrons. The second kappa shape index (κ2) is 28.1. The summed E-state index contributed by atoms with van der Waals surface area (Å²) in [6, 6.07) is 29.0. The topological polar surface area (TPSA) is 116 Å². The standard InChI is InChI=1S/C78H58F12N4O4S8/c1-5-9-11-35(7-3)25-43-13-15-51(99-43)59-45-33-57(49-19-23-55(103-49)67-63-61(71(95)93-67)65(91-73(63)97)53-21-17-47(101-53)37-27-39(75(79,80)81)31-40(28-37)76(82,83)84)106-70(45)60(52-16-14-44(100-52)26-36(8-4)12-10-6-2)46-34-58(105-69(46)59)50-20-24-56(104-50)68-64-62(72(96)94-68)66(92-74(64)98)54-22-18-48(102-54)38-29-41(77(85,86)87)32-42(30-38)78(88,89)90/h13-24,27-36H,5-12,25-26H2,1-4H3,(H,91,97)(H,92,98)(H,93,95)(H,94,96). The lowest BCUT2D eigenvalue weighted by molar-refractivity contribution is -0.144. The highest BCUT2D eigenvalue weighted by molar-refractivity contribution is 7.29. The van der Waals surface area contributed by atoms with Gasteiger partial charge in [0.25, 0.3) is 23.6 Å². The third kappa shape index (κ3) is 13.8. The molecule has 4 N–H and O–H groups in total. The average molecular weight is 1600 g/mol. The van der Waals surface area contributed by atoms with Crippen LogP contribution in [0.2, 0.25) is 0 Å². The molecule has 4 aliphatic rings. The van der Waals surface area contributed by atoms with Crippen LogP contribution in [0, 0.1) is 11.8 Å². The van der Waals surface area contributed by atoms with E-state index in [2.05, 4.69) is 85.4 Å². The van der Waals surface area contributed by atoms with Crippen LogP contribution < -0.4 is 21.3 Å². The number of nitrogens with one attached hydrogen (secondary N) is 4. The van der Waals surface area contributed by atoms with Gasteiger partial charge in [0.05, 0.1) is 86.8 Å². The average Bonchev–Trinajstić information content (AvgIpc) is 1.56. The molecule has 28 heteroatoms. The van der Waals surface area contributed by atoms with Crippen molar-refractivity contribution in [1.82, 2.24) is 21.3 Å². The van der Waals surface area contributed by atoms with Gasteiger partial charge in [0.15, 0.2) is 0 Å². The van der Waals surface area contributed by atoms with E-state index in [1.54, 1.807) is 45.3 Å². The Kier molecular flexibility index (Phi) is 19.4. The maximum Gasteiger partial charge on any atom is 0.416 e. The van der Waals surface area contributed by atoms with Crippen molar-refractivity contribution in [3.63, 3.8) is 0 Å². The molecule has 0 aliphatic carbocycles. The molecular weight excluding hydrogens is 1540 g/mol. The van der Waals surface area contributed by atoms with Crippen LogP contribution in [-0.4, -0.2) is 23.6 Å². The van der Waals surface area contributed by atoms with E-state index in [9.17, 15) is 71.9 Å². The summed E-state index contributed by atoms with van der Waals surface area (Å²) < 4.78 is 169. The van der Waals surface area contributed by atoms with Gasteiger partial charge in [-0.25, -0.2) is 0 Å². The van der Waals surface area contributed by atoms with E-state index in [1.165, 1.54) is 56.7 Å². The van der Waals surface area contributed by atoms with E-state index >= 15 is 0 Å². The van der Waals surface area contributed by atoms with Crippen LogP contribution in [0.5, 0.6) is 0 Å². The Labute approximate surface area is 630 Å². The van der Waals surface area contributed by atoms with Crippen LogP contribution in [0.3, 0.4) is 0 Å². The molecule has 8 aromatic heterocycles. The number of alkyl halides is 12. The van der Waals surface area contributed by atoms with Crippen molar-refractivity contribution in [2.75, 3.05) is 0 Å². The number of unbranched alkanes of at least 4 members (excludes halogenated alkanes) is 2. The van der Waals surface area contributed by atoms with Gasteiger partial charge in [0.1, 0.15) is 0 Å². The van der Waals surface area contributed by atoms with E-state index in [4.69, 9.17) is 0 Å². The second-order valence-corrected chi connectivity index (χ2v) is 35.1. The molecule has 0 spiro atoms. The lowest BCUT2D eigenvalue weighted by Gasteiger charge is -2.13. The van der Waals surface area contributed by atoms with Gasteiger partial charge >= 0.3 is 24.7 Å². The number of carbonyl (C=O) groups is 4. The number of halogens is 12. The fourth-order valence-corrected chi connectivity index (χ4v) is 23.1. The first kappa shape index (κ1) is 73.3. The van der Waals surface area contributed by atoms with E-state index < -0.39 is 70.6 Å². The molecule has 8 nitrogen and oxygen atoms in total. The van der Waals surface area contributed by atoms with Crippen LogP contribution >= 0.6 is 90.7 Å². The Morgan fingerprint density at radius 2 is 0.604 bits per heavy atom. The first-order valence-electron chi connectivity index (χ1n) is 33.9. The lowest BCUT2D eigenvalue weighted by atomic mass is 9.95. The molecule has 15 rings (SSSR count). The molecule has 4 aliphatic heterocycles. The van der Waals surface area contributed by atoms with Crippen molar-refractivity contribution in [1.29, 1.82) is 0 Å². The number of benzene rings is 3. The van der Waals surface area contributed by atoms with E-state index in [1.807, 2.05) is 24.3 Å². The molecule has 4 amide bonds. The molecule has 2 unspecified atom stereocenters. The smallest absolute Gasteiger partial charge is 0.320 e. The summed E-state index contributed by atoms with van der Waals surface area (Å²) in [6.07, 6.45) is -9.80. The summed E-state index contributed by atoms with van der Waals surface area (Å²) in [5.74, 6) is -1.51. The highest BCUT2D eigenvalue weighted by Gasteiger charge is 2.45. The molecule has 0 fully saturated rings. The van der Waals surface area contributed by atoms with Crippen LogP contribution in [0.4, 0.5) is 52.7 Å². The fourth-order valence-electron chi connectivity index (χ4n) is 14.0. The van der Waals surface area contributed by atoms with Crippen LogP contribution in [-0.2, 0) is 56.7 Å². The Hall–Kier alpha value is -8.22. The summed E-state index contributed by atoms with van der Waals surface area (Å²) in [4.78, 5) is 66.2. The van der Waals surface area contributed by atoms with Gasteiger partial charge in [0.2, 0.25) is 0 Å². The summed E-state index contributed by atoms with van der Waals surface area (Å²) in [7, 11) is 0. The molecular formula is C78H58F12N4O4S8. The summed E-state index contributed by atoms with van der Waals surface area (Å²) in [5.41, 5.74) is -3.83. The van der Waals surface area contributed by atoms with Gasteiger partial charge in [-0.1, -0.05) is 79.1 Å². The zero-order valence-electron chi connectivity index (χ0n) is 56.2. The summed E-state index contributed by atoms with van der Waals surface area (Å²) in [5, 5.41) is 13.3. The molecule has 12 heterocycles. The molecule has 2 atom stereocenters. The summed E-state index contributed by atoms with van der Waals surface area (Å²) in [6.45, 7) is 8.85. The fraction of sp³-hybridized carbons (Fsp3) is 0.256. The van der Waals surface area contributed by atoms with Gasteiger partial charge in [-0.2, -0.15) is 52.7 Å². The predicted molar refractivity (Wildman–Crippen MR) is 404 cm³/mol. The Morgan fingerprint density at radius 3 is 0.896 bits per heavy atom. The third-order valence-electron chi connectivity index (χ3n) is 19.3. The Morgan fingerprint density at radius 1 is 0.321 bits per heavy atom. The minimum atomic E-state index is -5.08. The number of hydrogen-bond acceptors (Lipinski definition) is 12. The molecule has 0 bridgehead atoms. The van der Waals surface area contributed by atoms with E-state index in [0.717, 1.165) is 147 Å². The number of amides is 4. The first-order valence-corrected chi connectivity index (χ1v) is 40.5. The molecule has 0 radical (unpaired) electrons. The number of fused-ring (bicyclic) bond motifs is 4. The van der Waals surface area contributed by atoms with Crippen LogP contribution in [0.1, 0.15) is 131 Å². The minimum absolute atomic E-state index is 0.00796. The van der Waals surface area contributed by atoms with Crippen LogP contribution in [0.15, 0.2) is 144 Å². The molecule has 0 saturated carbocycles. The van der Waals surface area contributed by atoms with Crippen molar-refractivity contribution in [3.8, 4) is 61.3 Å². The van der Waals surface area contributed by atoms with Crippen molar-refractivity contribution in [3.05, 3.63) is 195 Å². The number of thiophene rings is 8. The monoisotopic (exact) mass is 1600 g/mol. The minimum Gasteiger partial charge on any atom is -0.320 e. The maximum atomic E-state index is 14.1. The maximum absolute atomic E-state index is 14.1. The molecule has 106 heavy (non-hydrogen) atoms. The van der Waals surface area contributed by atoms with Gasteiger partial charge in [-0.15, -0.1) is 90.7 Å². The van der Waals surface area contributed by atoms with E-state index in [0.29, 0.717) is 45.9 Å². The predicted octanol–water partition coefficient (Wildman–Crippen LogP) is 24.8. The van der Waals surface area contributed by atoms with Crippen molar-refractivity contribution in [2.24, 2.45) is 11.8 Å².